The standard InChI is InChI=1S/C18H12N2O3S/c19-10-13-16(24-11-12-6-2-1-3-7-12)15(18(22)23)14-8-4-5-9-20(14)17(13)21/h1-9H,11H2,(H,22,23). The van der Waals surface area contributed by atoms with E-state index in [0.717, 1.165) is 5.56 Å². The smallest absolute Gasteiger partial charge is 0.339 e. The van der Waals surface area contributed by atoms with Gasteiger partial charge < -0.3 is 5.11 Å². The highest BCUT2D eigenvalue weighted by molar-refractivity contribution is 7.98. The molecular formula is C18H12N2O3S. The van der Waals surface area contributed by atoms with Crippen molar-refractivity contribution in [3.63, 3.8) is 0 Å². The number of hydrogen-bond acceptors (Lipinski definition) is 4. The summed E-state index contributed by atoms with van der Waals surface area (Å²) in [5.74, 6) is -0.691. The molecule has 0 atom stereocenters. The zero-order chi connectivity index (χ0) is 17.1. The van der Waals surface area contributed by atoms with Crippen molar-refractivity contribution >= 4 is 23.2 Å². The summed E-state index contributed by atoms with van der Waals surface area (Å²) in [5, 5.41) is 19.0. The van der Waals surface area contributed by atoms with E-state index in [-0.39, 0.29) is 21.5 Å². The second kappa shape index (κ2) is 6.60. The van der Waals surface area contributed by atoms with Crippen molar-refractivity contribution in [3.8, 4) is 6.07 Å². The number of benzene rings is 1. The summed E-state index contributed by atoms with van der Waals surface area (Å²) in [5.41, 5.74) is 0.596. The Hall–Kier alpha value is -3.04. The van der Waals surface area contributed by atoms with Crippen molar-refractivity contribution in [2.24, 2.45) is 0 Å². The molecule has 0 amide bonds. The van der Waals surface area contributed by atoms with Crippen LogP contribution in [0, 0.1) is 11.3 Å². The van der Waals surface area contributed by atoms with Crippen molar-refractivity contribution in [2.45, 2.75) is 10.6 Å². The molecule has 2 aromatic heterocycles. The Labute approximate surface area is 141 Å². The van der Waals surface area contributed by atoms with Crippen molar-refractivity contribution in [3.05, 3.63) is 81.8 Å². The molecule has 24 heavy (non-hydrogen) atoms. The largest absolute Gasteiger partial charge is 0.478 e. The Morgan fingerprint density at radius 1 is 1.17 bits per heavy atom. The normalized spacial score (nSPS) is 10.5. The maximum atomic E-state index is 12.5. The fourth-order valence-corrected chi connectivity index (χ4v) is 3.58. The highest BCUT2D eigenvalue weighted by atomic mass is 32.2. The number of nitrogens with zero attached hydrogens (tertiary/aromatic N) is 2. The van der Waals surface area contributed by atoms with Gasteiger partial charge in [0.25, 0.3) is 5.56 Å². The summed E-state index contributed by atoms with van der Waals surface area (Å²) in [4.78, 5) is 24.5. The first-order chi connectivity index (χ1) is 11.6. The van der Waals surface area contributed by atoms with Crippen LogP contribution in [-0.4, -0.2) is 15.5 Å². The number of pyridine rings is 2. The first kappa shape index (κ1) is 15.8. The third kappa shape index (κ3) is 2.77. The van der Waals surface area contributed by atoms with Crippen LogP contribution in [0.1, 0.15) is 21.5 Å². The Bertz CT molecular complexity index is 1020. The van der Waals surface area contributed by atoms with Crippen LogP contribution >= 0.6 is 11.8 Å². The topological polar surface area (TPSA) is 82.6 Å². The molecule has 6 heteroatoms. The zero-order valence-corrected chi connectivity index (χ0v) is 13.3. The summed E-state index contributed by atoms with van der Waals surface area (Å²) in [6.45, 7) is 0. The van der Waals surface area contributed by atoms with Gasteiger partial charge in [-0.05, 0) is 17.7 Å². The third-order valence-corrected chi connectivity index (χ3v) is 4.73. The number of carbonyl (C=O) groups is 1. The van der Waals surface area contributed by atoms with E-state index in [2.05, 4.69) is 0 Å². The van der Waals surface area contributed by atoms with Crippen LogP contribution in [0.15, 0.2) is 64.4 Å². The minimum atomic E-state index is -1.16. The molecule has 0 bridgehead atoms. The molecule has 0 aliphatic heterocycles. The number of aromatic carboxylic acids is 1. The Kier molecular flexibility index (Phi) is 4.36. The molecule has 118 valence electrons. The summed E-state index contributed by atoms with van der Waals surface area (Å²) in [6, 6.07) is 16.2. The van der Waals surface area contributed by atoms with Crippen LogP contribution in [0.2, 0.25) is 0 Å². The molecule has 5 nitrogen and oxygen atoms in total. The summed E-state index contributed by atoms with van der Waals surface area (Å²) in [7, 11) is 0. The highest BCUT2D eigenvalue weighted by Gasteiger charge is 2.22. The maximum Gasteiger partial charge on any atom is 0.339 e. The van der Waals surface area contributed by atoms with Gasteiger partial charge in [-0.25, -0.2) is 4.79 Å². The van der Waals surface area contributed by atoms with Crippen LogP contribution < -0.4 is 5.56 Å². The molecule has 1 aromatic carbocycles. The number of aromatic nitrogens is 1. The van der Waals surface area contributed by atoms with Gasteiger partial charge >= 0.3 is 5.97 Å². The quantitative estimate of drug-likeness (QED) is 0.740. The van der Waals surface area contributed by atoms with E-state index in [9.17, 15) is 20.0 Å². The minimum Gasteiger partial charge on any atom is -0.478 e. The van der Waals surface area contributed by atoms with Gasteiger partial charge in [0.1, 0.15) is 11.6 Å². The van der Waals surface area contributed by atoms with Gasteiger partial charge in [0.05, 0.1) is 11.1 Å². The third-order valence-electron chi connectivity index (χ3n) is 3.55. The lowest BCUT2D eigenvalue weighted by atomic mass is 10.1. The first-order valence-electron chi connectivity index (χ1n) is 7.11. The fraction of sp³-hybridized carbons (Fsp3) is 0.0556. The van der Waals surface area contributed by atoms with Crippen LogP contribution in [0.5, 0.6) is 0 Å². The Morgan fingerprint density at radius 3 is 2.54 bits per heavy atom. The molecule has 0 radical (unpaired) electrons. The first-order valence-corrected chi connectivity index (χ1v) is 8.09. The number of rotatable bonds is 4. The number of carboxylic acids is 1. The maximum absolute atomic E-state index is 12.5. The van der Waals surface area contributed by atoms with Gasteiger partial charge in [-0.2, -0.15) is 5.26 Å². The van der Waals surface area contributed by atoms with Crippen LogP contribution in [0.4, 0.5) is 0 Å². The molecule has 1 N–H and O–H groups in total. The lowest BCUT2D eigenvalue weighted by Gasteiger charge is -2.12. The van der Waals surface area contributed by atoms with Gasteiger partial charge in [-0.3, -0.25) is 9.20 Å². The molecule has 0 saturated heterocycles. The van der Waals surface area contributed by atoms with Crippen molar-refractivity contribution < 1.29 is 9.90 Å². The number of carboxylic acid groups (broad SMARTS) is 1. The van der Waals surface area contributed by atoms with Crippen LogP contribution in [0.25, 0.3) is 5.52 Å². The predicted molar refractivity (Wildman–Crippen MR) is 91.3 cm³/mol. The van der Waals surface area contributed by atoms with Crippen molar-refractivity contribution in [2.75, 3.05) is 0 Å². The molecule has 3 aromatic rings. The molecule has 0 fully saturated rings. The van der Waals surface area contributed by atoms with E-state index in [0.29, 0.717) is 5.75 Å². The van der Waals surface area contributed by atoms with Crippen molar-refractivity contribution in [1.82, 2.24) is 4.40 Å². The van der Waals surface area contributed by atoms with Crippen molar-refractivity contribution in [1.29, 1.82) is 5.26 Å². The number of thioether (sulfide) groups is 1. The van der Waals surface area contributed by atoms with Gasteiger partial charge in [-0.1, -0.05) is 36.4 Å². The summed E-state index contributed by atoms with van der Waals surface area (Å²) < 4.78 is 1.20. The minimum absolute atomic E-state index is 0.0207. The van der Waals surface area contributed by atoms with E-state index < -0.39 is 11.5 Å². The highest BCUT2D eigenvalue weighted by Crippen LogP contribution is 2.30. The Morgan fingerprint density at radius 2 is 1.88 bits per heavy atom. The number of hydrogen-bond donors (Lipinski definition) is 1. The van der Waals surface area contributed by atoms with E-state index in [1.165, 1.54) is 22.4 Å². The number of nitriles is 1. The molecule has 0 aliphatic rings. The average molecular weight is 336 g/mol. The molecule has 0 aliphatic carbocycles. The predicted octanol–water partition coefficient (Wildman–Crippen LogP) is 3.16. The molecule has 0 saturated carbocycles. The van der Waals surface area contributed by atoms with E-state index in [1.54, 1.807) is 18.2 Å². The molecular weight excluding hydrogens is 324 g/mol. The average Bonchev–Trinajstić information content (AvgIpc) is 2.60. The van der Waals surface area contributed by atoms with Gasteiger partial charge in [0, 0.05) is 16.8 Å². The monoisotopic (exact) mass is 336 g/mol. The Balaban J connectivity index is 2.21. The van der Waals surface area contributed by atoms with Gasteiger partial charge in [0.2, 0.25) is 0 Å². The van der Waals surface area contributed by atoms with Crippen LogP contribution in [-0.2, 0) is 5.75 Å². The van der Waals surface area contributed by atoms with E-state index >= 15 is 0 Å². The van der Waals surface area contributed by atoms with Gasteiger partial charge in [-0.15, -0.1) is 11.8 Å². The second-order valence-corrected chi connectivity index (χ2v) is 6.02. The fourth-order valence-electron chi connectivity index (χ4n) is 2.46. The summed E-state index contributed by atoms with van der Waals surface area (Å²) in [6.07, 6.45) is 1.47. The van der Waals surface area contributed by atoms with Crippen LogP contribution in [0.3, 0.4) is 0 Å². The molecule has 0 unspecified atom stereocenters. The lowest BCUT2D eigenvalue weighted by molar-refractivity contribution is 0.0694. The summed E-state index contributed by atoms with van der Waals surface area (Å²) >= 11 is 1.19. The second-order valence-electron chi connectivity index (χ2n) is 5.03. The SMILES string of the molecule is N#Cc1c(SCc2ccccc2)c(C(=O)O)c2ccccn2c1=O. The lowest BCUT2D eigenvalue weighted by Crippen LogP contribution is -2.21. The molecule has 2 heterocycles. The molecule has 0 spiro atoms. The van der Waals surface area contributed by atoms with E-state index in [4.69, 9.17) is 0 Å². The molecule has 3 rings (SSSR count). The van der Waals surface area contributed by atoms with E-state index in [1.807, 2.05) is 36.4 Å². The zero-order valence-electron chi connectivity index (χ0n) is 12.5. The van der Waals surface area contributed by atoms with Gasteiger partial charge in [0.15, 0.2) is 0 Å². The number of fused-ring (bicyclic) bond motifs is 1.